The second kappa shape index (κ2) is 10.4. The van der Waals surface area contributed by atoms with Crippen molar-refractivity contribution in [1.29, 1.82) is 0 Å². The van der Waals surface area contributed by atoms with Crippen LogP contribution in [0.5, 0.6) is 0 Å². The molecule has 2 heterocycles. The molecule has 0 aliphatic rings. The molecular formula is C21H17F6N5O2S. The maximum Gasteiger partial charge on any atom is 0.490 e. The molecule has 2 aromatic heterocycles. The minimum Gasteiger partial charge on any atom is -0.475 e. The molecule has 0 saturated carbocycles. The van der Waals surface area contributed by atoms with Crippen LogP contribution in [0.15, 0.2) is 47.8 Å². The number of nitrogens with one attached hydrogen (secondary N) is 1. The second-order valence-electron chi connectivity index (χ2n) is 7.16. The SMILES string of the molecule is Cn1nnc2cc(CNCc3csc(-c4ccc(C(F)(F)F)cc4)n3)ccc21.O=C(O)C(F)(F)F. The summed E-state index contributed by atoms with van der Waals surface area (Å²) in [4.78, 5) is 13.4. The van der Waals surface area contributed by atoms with Crippen molar-refractivity contribution >= 4 is 28.3 Å². The average molecular weight is 517 g/mol. The predicted molar refractivity (Wildman–Crippen MR) is 115 cm³/mol. The van der Waals surface area contributed by atoms with E-state index < -0.39 is 23.9 Å². The third-order valence-electron chi connectivity index (χ3n) is 4.56. The van der Waals surface area contributed by atoms with Crippen molar-refractivity contribution in [3.05, 3.63) is 64.7 Å². The lowest BCUT2D eigenvalue weighted by Gasteiger charge is -2.06. The number of benzene rings is 2. The van der Waals surface area contributed by atoms with E-state index in [9.17, 15) is 26.3 Å². The van der Waals surface area contributed by atoms with Crippen molar-refractivity contribution in [2.75, 3.05) is 0 Å². The Morgan fingerprint density at radius 3 is 2.31 bits per heavy atom. The smallest absolute Gasteiger partial charge is 0.475 e. The topological polar surface area (TPSA) is 92.9 Å². The molecule has 0 unspecified atom stereocenters. The third-order valence-corrected chi connectivity index (χ3v) is 5.50. The monoisotopic (exact) mass is 517 g/mol. The molecule has 2 N–H and O–H groups in total. The van der Waals surface area contributed by atoms with Crippen molar-refractivity contribution in [1.82, 2.24) is 25.3 Å². The van der Waals surface area contributed by atoms with Crippen molar-refractivity contribution in [2.24, 2.45) is 7.05 Å². The van der Waals surface area contributed by atoms with E-state index in [4.69, 9.17) is 9.90 Å². The van der Waals surface area contributed by atoms with Crippen LogP contribution in [0, 0.1) is 0 Å². The first kappa shape index (κ1) is 26.1. The van der Waals surface area contributed by atoms with Gasteiger partial charge < -0.3 is 10.4 Å². The molecule has 0 bridgehead atoms. The van der Waals surface area contributed by atoms with Gasteiger partial charge in [0.1, 0.15) is 10.5 Å². The van der Waals surface area contributed by atoms with Gasteiger partial charge in [-0.1, -0.05) is 23.4 Å². The van der Waals surface area contributed by atoms with Crippen LogP contribution >= 0.6 is 11.3 Å². The first-order chi connectivity index (χ1) is 16.3. The highest BCUT2D eigenvalue weighted by molar-refractivity contribution is 7.13. The molecule has 2 aromatic carbocycles. The van der Waals surface area contributed by atoms with Gasteiger partial charge in [0.25, 0.3) is 0 Å². The van der Waals surface area contributed by atoms with Gasteiger partial charge in [0.05, 0.1) is 16.8 Å². The van der Waals surface area contributed by atoms with Crippen LogP contribution in [-0.4, -0.2) is 37.2 Å². The molecule has 14 heteroatoms. The summed E-state index contributed by atoms with van der Waals surface area (Å²) in [6, 6.07) is 11.1. The largest absolute Gasteiger partial charge is 0.490 e. The molecule has 4 aromatic rings. The van der Waals surface area contributed by atoms with Gasteiger partial charge in [-0.25, -0.2) is 14.5 Å². The van der Waals surface area contributed by atoms with Crippen LogP contribution in [0.25, 0.3) is 21.6 Å². The zero-order valence-electron chi connectivity index (χ0n) is 17.9. The van der Waals surface area contributed by atoms with Gasteiger partial charge in [0.2, 0.25) is 0 Å². The number of aryl methyl sites for hydroxylation is 1. The van der Waals surface area contributed by atoms with E-state index in [-0.39, 0.29) is 0 Å². The summed E-state index contributed by atoms with van der Waals surface area (Å²) in [6.07, 6.45) is -9.41. The number of fused-ring (bicyclic) bond motifs is 1. The first-order valence-electron chi connectivity index (χ1n) is 9.76. The number of thiazole rings is 1. The molecule has 4 rings (SSSR count). The summed E-state index contributed by atoms with van der Waals surface area (Å²) in [5, 5.41) is 21.2. The number of nitrogens with zero attached hydrogens (tertiary/aromatic N) is 4. The summed E-state index contributed by atoms with van der Waals surface area (Å²) in [7, 11) is 1.85. The fourth-order valence-corrected chi connectivity index (χ4v) is 3.68. The second-order valence-corrected chi connectivity index (χ2v) is 8.02. The molecule has 0 aliphatic heterocycles. The van der Waals surface area contributed by atoms with E-state index in [2.05, 4.69) is 20.6 Å². The number of hydrogen-bond acceptors (Lipinski definition) is 6. The Balaban J connectivity index is 0.000000429. The fourth-order valence-electron chi connectivity index (χ4n) is 2.85. The molecular weight excluding hydrogens is 500 g/mol. The molecule has 0 radical (unpaired) electrons. The number of aromatic nitrogens is 4. The highest BCUT2D eigenvalue weighted by atomic mass is 32.1. The predicted octanol–water partition coefficient (Wildman–Crippen LogP) is 5.03. The summed E-state index contributed by atoms with van der Waals surface area (Å²) >= 11 is 1.41. The van der Waals surface area contributed by atoms with Crippen LogP contribution in [0.4, 0.5) is 26.3 Å². The Hall–Kier alpha value is -3.52. The number of carboxylic acid groups (broad SMARTS) is 1. The normalized spacial score (nSPS) is 11.9. The lowest BCUT2D eigenvalue weighted by Crippen LogP contribution is -2.21. The van der Waals surface area contributed by atoms with Gasteiger partial charge in [-0.2, -0.15) is 26.3 Å². The maximum atomic E-state index is 12.7. The van der Waals surface area contributed by atoms with Gasteiger partial charge in [-0.05, 0) is 29.8 Å². The van der Waals surface area contributed by atoms with Gasteiger partial charge in [-0.3, -0.25) is 0 Å². The van der Waals surface area contributed by atoms with Crippen molar-refractivity contribution < 1.29 is 36.2 Å². The highest BCUT2D eigenvalue weighted by Gasteiger charge is 2.38. The fraction of sp³-hybridized carbons (Fsp3) is 0.238. The summed E-state index contributed by atoms with van der Waals surface area (Å²) in [6.45, 7) is 1.22. The van der Waals surface area contributed by atoms with E-state index in [1.165, 1.54) is 23.5 Å². The number of hydrogen-bond donors (Lipinski definition) is 2. The van der Waals surface area contributed by atoms with Crippen LogP contribution in [0.3, 0.4) is 0 Å². The Bertz CT molecular complexity index is 1300. The van der Waals surface area contributed by atoms with Crippen molar-refractivity contribution in [2.45, 2.75) is 25.4 Å². The Morgan fingerprint density at radius 1 is 1.06 bits per heavy atom. The molecule has 0 fully saturated rings. The standard InChI is InChI=1S/C19H16F3N5S.C2HF3O2/c1-27-17-7-2-12(8-16(17)25-26-27)9-23-10-15-11-28-18(24-15)13-3-5-14(6-4-13)19(20,21)22;3-2(4,5)1(6)7/h2-8,11,23H,9-10H2,1H3;(H,6,7). The van der Waals surface area contributed by atoms with Gasteiger partial charge >= 0.3 is 18.3 Å². The molecule has 0 atom stereocenters. The molecule has 7 nitrogen and oxygen atoms in total. The van der Waals surface area contributed by atoms with E-state index in [1.54, 1.807) is 4.68 Å². The lowest BCUT2D eigenvalue weighted by atomic mass is 10.1. The molecule has 186 valence electrons. The summed E-state index contributed by atoms with van der Waals surface area (Å²) in [5.41, 5.74) is 3.78. The van der Waals surface area contributed by atoms with Crippen LogP contribution < -0.4 is 5.32 Å². The molecule has 0 amide bonds. The third kappa shape index (κ3) is 6.99. The van der Waals surface area contributed by atoms with Gasteiger partial charge in [0.15, 0.2) is 0 Å². The van der Waals surface area contributed by atoms with Crippen LogP contribution in [-0.2, 0) is 31.1 Å². The number of carbonyl (C=O) groups is 1. The molecule has 35 heavy (non-hydrogen) atoms. The molecule has 0 saturated heterocycles. The minimum atomic E-state index is -5.08. The number of aliphatic carboxylic acids is 1. The van der Waals surface area contributed by atoms with E-state index in [1.807, 2.05) is 30.6 Å². The average Bonchev–Trinajstić information content (AvgIpc) is 3.40. The quantitative estimate of drug-likeness (QED) is 0.361. The van der Waals surface area contributed by atoms with E-state index >= 15 is 0 Å². The zero-order valence-corrected chi connectivity index (χ0v) is 18.7. The Kier molecular flexibility index (Phi) is 7.75. The number of halogens is 6. The van der Waals surface area contributed by atoms with Crippen LogP contribution in [0.2, 0.25) is 0 Å². The maximum absolute atomic E-state index is 12.7. The highest BCUT2D eigenvalue weighted by Crippen LogP contribution is 2.31. The van der Waals surface area contributed by atoms with Gasteiger partial charge in [-0.15, -0.1) is 16.4 Å². The lowest BCUT2D eigenvalue weighted by molar-refractivity contribution is -0.192. The Morgan fingerprint density at radius 2 is 1.71 bits per heavy atom. The van der Waals surface area contributed by atoms with Crippen LogP contribution in [0.1, 0.15) is 16.8 Å². The molecule has 0 spiro atoms. The minimum absolute atomic E-state index is 0.565. The molecule has 0 aliphatic carbocycles. The van der Waals surface area contributed by atoms with Gasteiger partial charge in [0, 0.05) is 31.1 Å². The Labute approximate surface area is 198 Å². The number of alkyl halides is 6. The number of carboxylic acids is 1. The van der Waals surface area contributed by atoms with E-state index in [0.29, 0.717) is 23.7 Å². The first-order valence-corrected chi connectivity index (χ1v) is 10.6. The summed E-state index contributed by atoms with van der Waals surface area (Å²) < 4.78 is 71.5. The van der Waals surface area contributed by atoms with Crippen molar-refractivity contribution in [3.8, 4) is 10.6 Å². The number of rotatable bonds is 5. The summed E-state index contributed by atoms with van der Waals surface area (Å²) in [5.74, 6) is -2.76. The van der Waals surface area contributed by atoms with Crippen molar-refractivity contribution in [3.63, 3.8) is 0 Å². The zero-order chi connectivity index (χ0) is 25.8. The van der Waals surface area contributed by atoms with E-state index in [0.717, 1.165) is 34.4 Å².